The second-order valence-electron chi connectivity index (χ2n) is 8.72. The van der Waals surface area contributed by atoms with Gasteiger partial charge in [0.2, 0.25) is 5.91 Å². The van der Waals surface area contributed by atoms with Gasteiger partial charge in [0.25, 0.3) is 5.91 Å². The summed E-state index contributed by atoms with van der Waals surface area (Å²) in [7, 11) is 0. The zero-order valence-electron chi connectivity index (χ0n) is 17.7. The molecule has 2 heterocycles. The molecule has 1 saturated heterocycles. The Kier molecular flexibility index (Phi) is 6.25. The van der Waals surface area contributed by atoms with E-state index in [9.17, 15) is 18.8 Å². The largest absolute Gasteiger partial charge is 0.361 e. The van der Waals surface area contributed by atoms with E-state index in [1.54, 1.807) is 12.3 Å². The van der Waals surface area contributed by atoms with Gasteiger partial charge in [-0.1, -0.05) is 19.8 Å². The Labute approximate surface area is 180 Å². The van der Waals surface area contributed by atoms with Crippen molar-refractivity contribution in [3.8, 4) is 0 Å². The summed E-state index contributed by atoms with van der Waals surface area (Å²) in [5, 5.41) is 6.52. The van der Waals surface area contributed by atoms with E-state index < -0.39 is 12.1 Å². The number of carbonyl (C=O) groups is 3. The van der Waals surface area contributed by atoms with Crippen LogP contribution in [0.25, 0.3) is 10.9 Å². The van der Waals surface area contributed by atoms with Gasteiger partial charge in [-0.15, -0.1) is 0 Å². The van der Waals surface area contributed by atoms with E-state index >= 15 is 0 Å². The van der Waals surface area contributed by atoms with Gasteiger partial charge in [-0.25, -0.2) is 9.18 Å². The molecule has 8 heteroatoms. The monoisotopic (exact) mass is 428 g/mol. The van der Waals surface area contributed by atoms with Crippen molar-refractivity contribution in [1.82, 2.24) is 20.5 Å². The molecule has 2 aromatic rings. The SMILES string of the molecule is C[C@H]1CCCC[C@H]1NC(=O)CC[C@H]1NC(=O)N(CCc2c[nH]c3ccc(F)cc23)C1=O. The number of hydrogen-bond donors (Lipinski definition) is 3. The summed E-state index contributed by atoms with van der Waals surface area (Å²) in [6.07, 6.45) is 7.15. The van der Waals surface area contributed by atoms with Crippen LogP contribution in [0.15, 0.2) is 24.4 Å². The van der Waals surface area contributed by atoms with Crippen LogP contribution >= 0.6 is 0 Å². The first-order chi connectivity index (χ1) is 14.9. The highest BCUT2D eigenvalue weighted by Crippen LogP contribution is 2.24. The number of urea groups is 1. The number of amides is 4. The van der Waals surface area contributed by atoms with Gasteiger partial charge in [-0.05, 0) is 55.4 Å². The first-order valence-electron chi connectivity index (χ1n) is 11.1. The third-order valence-electron chi connectivity index (χ3n) is 6.56. The summed E-state index contributed by atoms with van der Waals surface area (Å²) in [5.74, 6) is -0.238. The van der Waals surface area contributed by atoms with E-state index in [1.807, 2.05) is 0 Å². The van der Waals surface area contributed by atoms with E-state index in [0.29, 0.717) is 12.3 Å². The van der Waals surface area contributed by atoms with Crippen LogP contribution in [0.3, 0.4) is 0 Å². The maximum absolute atomic E-state index is 13.6. The Hall–Kier alpha value is -2.90. The van der Waals surface area contributed by atoms with Gasteiger partial charge in [-0.3, -0.25) is 14.5 Å². The number of H-pyrrole nitrogens is 1. The normalized spacial score (nSPS) is 23.9. The highest BCUT2D eigenvalue weighted by atomic mass is 19.1. The quantitative estimate of drug-likeness (QED) is 0.591. The summed E-state index contributed by atoms with van der Waals surface area (Å²) in [4.78, 5) is 41.6. The highest BCUT2D eigenvalue weighted by Gasteiger charge is 2.37. The molecular weight excluding hydrogens is 399 g/mol. The summed E-state index contributed by atoms with van der Waals surface area (Å²) in [6, 6.07) is 3.58. The minimum absolute atomic E-state index is 0.0694. The van der Waals surface area contributed by atoms with E-state index in [4.69, 9.17) is 0 Å². The van der Waals surface area contributed by atoms with Gasteiger partial charge in [0.05, 0.1) is 0 Å². The molecule has 0 spiro atoms. The molecule has 1 aromatic carbocycles. The average Bonchev–Trinajstić information content (AvgIpc) is 3.26. The Morgan fingerprint density at radius 3 is 2.87 bits per heavy atom. The molecule has 1 saturated carbocycles. The third-order valence-corrected chi connectivity index (χ3v) is 6.56. The molecule has 31 heavy (non-hydrogen) atoms. The van der Waals surface area contributed by atoms with Crippen molar-refractivity contribution >= 4 is 28.7 Å². The minimum Gasteiger partial charge on any atom is -0.361 e. The van der Waals surface area contributed by atoms with Crippen LogP contribution in [-0.4, -0.2) is 46.4 Å². The number of nitrogens with one attached hydrogen (secondary N) is 3. The van der Waals surface area contributed by atoms with Crippen molar-refractivity contribution in [1.29, 1.82) is 0 Å². The topological polar surface area (TPSA) is 94.3 Å². The highest BCUT2D eigenvalue weighted by molar-refractivity contribution is 6.04. The Morgan fingerprint density at radius 2 is 2.06 bits per heavy atom. The lowest BCUT2D eigenvalue weighted by Crippen LogP contribution is -2.41. The average molecular weight is 429 g/mol. The third kappa shape index (κ3) is 4.73. The molecular formula is C23H29FN4O3. The Balaban J connectivity index is 1.29. The van der Waals surface area contributed by atoms with E-state index in [0.717, 1.165) is 35.7 Å². The number of nitrogens with zero attached hydrogens (tertiary/aromatic N) is 1. The standard InChI is InChI=1S/C23H29FN4O3/c1-14-4-2-3-5-18(14)26-21(29)9-8-20-22(30)28(23(31)27-20)11-10-15-13-25-19-7-6-16(24)12-17(15)19/h6-7,12-14,18,20,25H,2-5,8-11H2,1H3,(H,26,29)(H,27,31)/t14-,18+,20+/m0/s1. The predicted octanol–water partition coefficient (Wildman–Crippen LogP) is 3.25. The molecule has 0 radical (unpaired) electrons. The summed E-state index contributed by atoms with van der Waals surface area (Å²) in [5.41, 5.74) is 1.66. The maximum atomic E-state index is 13.6. The van der Waals surface area contributed by atoms with Crippen molar-refractivity contribution in [3.05, 3.63) is 35.8 Å². The maximum Gasteiger partial charge on any atom is 0.324 e. The lowest BCUT2D eigenvalue weighted by Gasteiger charge is -2.29. The van der Waals surface area contributed by atoms with Gasteiger partial charge in [0, 0.05) is 36.1 Å². The van der Waals surface area contributed by atoms with Crippen LogP contribution in [-0.2, 0) is 16.0 Å². The molecule has 0 unspecified atom stereocenters. The Bertz CT molecular complexity index is 988. The van der Waals surface area contributed by atoms with E-state index in [1.165, 1.54) is 23.5 Å². The lowest BCUT2D eigenvalue weighted by molar-refractivity contribution is -0.127. The molecule has 1 aromatic heterocycles. The molecule has 4 rings (SSSR count). The van der Waals surface area contributed by atoms with Crippen LogP contribution in [0.2, 0.25) is 0 Å². The van der Waals surface area contributed by atoms with Crippen LogP contribution in [0.1, 0.15) is 51.0 Å². The van der Waals surface area contributed by atoms with Gasteiger partial charge in [-0.2, -0.15) is 0 Å². The van der Waals surface area contributed by atoms with Crippen molar-refractivity contribution in [2.75, 3.05) is 6.54 Å². The summed E-state index contributed by atoms with van der Waals surface area (Å²) >= 11 is 0. The van der Waals surface area contributed by atoms with E-state index in [2.05, 4.69) is 22.5 Å². The number of hydrogen-bond acceptors (Lipinski definition) is 3. The van der Waals surface area contributed by atoms with Crippen LogP contribution < -0.4 is 10.6 Å². The Morgan fingerprint density at radius 1 is 1.26 bits per heavy atom. The number of aromatic amines is 1. The summed E-state index contributed by atoms with van der Waals surface area (Å²) in [6.45, 7) is 2.36. The van der Waals surface area contributed by atoms with Crippen LogP contribution in [0, 0.1) is 11.7 Å². The van der Waals surface area contributed by atoms with Gasteiger partial charge in [0.1, 0.15) is 11.9 Å². The smallest absolute Gasteiger partial charge is 0.324 e. The van der Waals surface area contributed by atoms with Crippen molar-refractivity contribution in [2.24, 2.45) is 5.92 Å². The summed E-state index contributed by atoms with van der Waals surface area (Å²) < 4.78 is 13.6. The molecule has 3 N–H and O–H groups in total. The predicted molar refractivity (Wildman–Crippen MR) is 115 cm³/mol. The zero-order chi connectivity index (χ0) is 22.0. The van der Waals surface area contributed by atoms with Gasteiger partial charge in [0.15, 0.2) is 0 Å². The lowest BCUT2D eigenvalue weighted by atomic mass is 9.86. The molecule has 4 amide bonds. The molecule has 1 aliphatic heterocycles. The zero-order valence-corrected chi connectivity index (χ0v) is 17.7. The molecule has 0 bridgehead atoms. The number of benzene rings is 1. The fourth-order valence-electron chi connectivity index (χ4n) is 4.66. The molecule has 3 atom stereocenters. The molecule has 1 aliphatic carbocycles. The van der Waals surface area contributed by atoms with Gasteiger partial charge < -0.3 is 15.6 Å². The second-order valence-corrected chi connectivity index (χ2v) is 8.72. The van der Waals surface area contributed by atoms with Crippen molar-refractivity contribution < 1.29 is 18.8 Å². The fraction of sp³-hybridized carbons (Fsp3) is 0.522. The molecule has 2 aliphatic rings. The first kappa shape index (κ1) is 21.3. The minimum atomic E-state index is -0.678. The molecule has 166 valence electrons. The van der Waals surface area contributed by atoms with Gasteiger partial charge >= 0.3 is 6.03 Å². The van der Waals surface area contributed by atoms with Crippen molar-refractivity contribution in [2.45, 2.75) is 64.0 Å². The molecule has 2 fully saturated rings. The number of carbonyl (C=O) groups excluding carboxylic acids is 3. The fourth-order valence-corrected chi connectivity index (χ4v) is 4.66. The number of aromatic nitrogens is 1. The first-order valence-corrected chi connectivity index (χ1v) is 11.1. The number of imide groups is 1. The van der Waals surface area contributed by atoms with Crippen molar-refractivity contribution in [3.63, 3.8) is 0 Å². The number of fused-ring (bicyclic) bond motifs is 1. The van der Waals surface area contributed by atoms with Crippen LogP contribution in [0.4, 0.5) is 9.18 Å². The second kappa shape index (κ2) is 9.08. The number of rotatable bonds is 7. The number of halogens is 1. The van der Waals surface area contributed by atoms with Crippen LogP contribution in [0.5, 0.6) is 0 Å². The van der Waals surface area contributed by atoms with E-state index in [-0.39, 0.29) is 43.1 Å². The molecule has 7 nitrogen and oxygen atoms in total.